The number of carbonyl (C=O) groups excluding carboxylic acids is 1. The molecule has 1 saturated carbocycles. The van der Waals surface area contributed by atoms with E-state index in [2.05, 4.69) is 5.32 Å². The van der Waals surface area contributed by atoms with Crippen molar-refractivity contribution < 1.29 is 14.6 Å². The van der Waals surface area contributed by atoms with Gasteiger partial charge < -0.3 is 20.9 Å². The molecule has 0 bridgehead atoms. The molecule has 5 nitrogen and oxygen atoms in total. The maximum Gasteiger partial charge on any atom is 0.407 e. The van der Waals surface area contributed by atoms with Gasteiger partial charge in [-0.3, -0.25) is 0 Å². The van der Waals surface area contributed by atoms with Crippen molar-refractivity contribution in [3.63, 3.8) is 0 Å². The van der Waals surface area contributed by atoms with E-state index >= 15 is 0 Å². The monoisotopic (exact) mass is 216 g/mol. The lowest BCUT2D eigenvalue weighted by atomic mass is 10.2. The van der Waals surface area contributed by atoms with Crippen LogP contribution >= 0.6 is 0 Å². The van der Waals surface area contributed by atoms with E-state index in [1.54, 1.807) is 20.8 Å². The summed E-state index contributed by atoms with van der Waals surface area (Å²) >= 11 is 0. The van der Waals surface area contributed by atoms with Gasteiger partial charge in [0.2, 0.25) is 0 Å². The number of hydrogen-bond donors (Lipinski definition) is 3. The number of aliphatic hydroxyl groups is 1. The Hall–Kier alpha value is -0.810. The van der Waals surface area contributed by atoms with Gasteiger partial charge in [-0.2, -0.15) is 0 Å². The first kappa shape index (κ1) is 12.3. The average molecular weight is 216 g/mol. The Morgan fingerprint density at radius 1 is 1.47 bits per heavy atom. The molecule has 1 fully saturated rings. The number of alkyl carbamates (subject to hydrolysis) is 1. The highest BCUT2D eigenvalue weighted by Crippen LogP contribution is 2.18. The predicted octanol–water partition coefficient (Wildman–Crippen LogP) is 0.362. The number of rotatable bonds is 1. The summed E-state index contributed by atoms with van der Waals surface area (Å²) in [6.07, 6.45) is 0.0640. The van der Waals surface area contributed by atoms with Crippen molar-refractivity contribution in [1.29, 1.82) is 0 Å². The fourth-order valence-electron chi connectivity index (χ4n) is 1.67. The summed E-state index contributed by atoms with van der Waals surface area (Å²) in [5.41, 5.74) is 5.15. The van der Waals surface area contributed by atoms with Gasteiger partial charge in [-0.1, -0.05) is 0 Å². The molecule has 0 radical (unpaired) electrons. The maximum atomic E-state index is 11.4. The Labute approximate surface area is 90.0 Å². The van der Waals surface area contributed by atoms with E-state index in [1.165, 1.54) is 0 Å². The summed E-state index contributed by atoms with van der Waals surface area (Å²) < 4.78 is 5.08. The van der Waals surface area contributed by atoms with Gasteiger partial charge >= 0.3 is 6.09 Å². The molecular weight excluding hydrogens is 196 g/mol. The highest BCUT2D eigenvalue weighted by molar-refractivity contribution is 5.68. The summed E-state index contributed by atoms with van der Waals surface area (Å²) in [6, 6.07) is -0.324. The molecule has 0 aliphatic heterocycles. The fraction of sp³-hybridized carbons (Fsp3) is 0.900. The lowest BCUT2D eigenvalue weighted by molar-refractivity contribution is 0.0450. The second-order valence-electron chi connectivity index (χ2n) is 5.05. The summed E-state index contributed by atoms with van der Waals surface area (Å²) in [5, 5.41) is 12.2. The summed E-state index contributed by atoms with van der Waals surface area (Å²) in [7, 11) is 0. The molecule has 1 amide bonds. The Morgan fingerprint density at radius 2 is 2.07 bits per heavy atom. The van der Waals surface area contributed by atoms with Crippen molar-refractivity contribution in [2.45, 2.75) is 57.4 Å². The van der Waals surface area contributed by atoms with Gasteiger partial charge in [0.15, 0.2) is 0 Å². The Morgan fingerprint density at radius 3 is 2.47 bits per heavy atom. The zero-order chi connectivity index (χ0) is 11.6. The summed E-state index contributed by atoms with van der Waals surface area (Å²) in [6.45, 7) is 5.39. The minimum Gasteiger partial charge on any atom is -0.444 e. The molecule has 88 valence electrons. The largest absolute Gasteiger partial charge is 0.444 e. The van der Waals surface area contributed by atoms with Crippen molar-refractivity contribution in [1.82, 2.24) is 5.32 Å². The third kappa shape index (κ3) is 4.05. The van der Waals surface area contributed by atoms with Gasteiger partial charge in [-0.15, -0.1) is 0 Å². The Bertz CT molecular complexity index is 237. The van der Waals surface area contributed by atoms with Gasteiger partial charge in [0.1, 0.15) is 5.60 Å². The van der Waals surface area contributed by atoms with Crippen molar-refractivity contribution >= 4 is 6.09 Å². The van der Waals surface area contributed by atoms with Gasteiger partial charge in [0.05, 0.1) is 12.1 Å². The van der Waals surface area contributed by atoms with E-state index in [1.807, 2.05) is 0 Å². The molecule has 15 heavy (non-hydrogen) atoms. The van der Waals surface area contributed by atoms with Gasteiger partial charge in [0.25, 0.3) is 0 Å². The molecule has 5 heteroatoms. The maximum absolute atomic E-state index is 11.4. The zero-order valence-corrected chi connectivity index (χ0v) is 9.49. The van der Waals surface area contributed by atoms with Crippen molar-refractivity contribution in [3.8, 4) is 0 Å². The van der Waals surface area contributed by atoms with Crippen LogP contribution in [-0.2, 0) is 4.74 Å². The van der Waals surface area contributed by atoms with Crippen LogP contribution in [0.15, 0.2) is 0 Å². The minimum absolute atomic E-state index is 0.0417. The number of aliphatic hydroxyl groups excluding tert-OH is 1. The van der Waals surface area contributed by atoms with Crippen LogP contribution in [0, 0.1) is 0 Å². The average Bonchev–Trinajstić information content (AvgIpc) is 2.25. The van der Waals surface area contributed by atoms with Crippen molar-refractivity contribution in [2.24, 2.45) is 5.73 Å². The molecule has 0 saturated heterocycles. The van der Waals surface area contributed by atoms with Crippen LogP contribution in [0.1, 0.15) is 33.6 Å². The summed E-state index contributed by atoms with van der Waals surface area (Å²) in [5.74, 6) is 0. The van der Waals surface area contributed by atoms with E-state index in [-0.39, 0.29) is 12.1 Å². The van der Waals surface area contributed by atoms with Crippen molar-refractivity contribution in [2.75, 3.05) is 0 Å². The smallest absolute Gasteiger partial charge is 0.407 e. The lowest BCUT2D eigenvalue weighted by Gasteiger charge is -2.22. The molecule has 1 aliphatic carbocycles. The normalized spacial score (nSPS) is 31.4. The fourth-order valence-corrected chi connectivity index (χ4v) is 1.67. The first-order valence-corrected chi connectivity index (χ1v) is 5.21. The molecule has 0 aromatic rings. The number of ether oxygens (including phenoxy) is 1. The van der Waals surface area contributed by atoms with E-state index < -0.39 is 17.8 Å². The van der Waals surface area contributed by atoms with Crippen LogP contribution in [0.2, 0.25) is 0 Å². The Kier molecular flexibility index (Phi) is 3.57. The SMILES string of the molecule is CC(C)(C)OC(=O)NC1CC(N)CC1O. The number of nitrogens with two attached hydrogens (primary N) is 1. The van der Waals surface area contributed by atoms with E-state index in [9.17, 15) is 9.90 Å². The van der Waals surface area contributed by atoms with Crippen LogP contribution in [0.5, 0.6) is 0 Å². The molecule has 0 aromatic carbocycles. The first-order chi connectivity index (χ1) is 6.78. The van der Waals surface area contributed by atoms with Gasteiger partial charge in [-0.05, 0) is 33.6 Å². The zero-order valence-electron chi connectivity index (χ0n) is 9.49. The molecule has 1 rings (SSSR count). The van der Waals surface area contributed by atoms with Crippen LogP contribution in [0.25, 0.3) is 0 Å². The molecule has 3 unspecified atom stereocenters. The second kappa shape index (κ2) is 4.37. The highest BCUT2D eigenvalue weighted by Gasteiger charge is 2.32. The number of nitrogens with one attached hydrogen (secondary N) is 1. The molecule has 3 atom stereocenters. The van der Waals surface area contributed by atoms with E-state index in [0.29, 0.717) is 12.8 Å². The predicted molar refractivity (Wildman–Crippen MR) is 56.4 cm³/mol. The van der Waals surface area contributed by atoms with Gasteiger partial charge in [-0.25, -0.2) is 4.79 Å². The van der Waals surface area contributed by atoms with Crippen LogP contribution in [-0.4, -0.2) is 35.0 Å². The second-order valence-corrected chi connectivity index (χ2v) is 5.05. The van der Waals surface area contributed by atoms with Crippen LogP contribution in [0.3, 0.4) is 0 Å². The molecule has 4 N–H and O–H groups in total. The lowest BCUT2D eigenvalue weighted by Crippen LogP contribution is -2.42. The number of amides is 1. The first-order valence-electron chi connectivity index (χ1n) is 5.21. The minimum atomic E-state index is -0.562. The topological polar surface area (TPSA) is 84.6 Å². The molecule has 0 heterocycles. The van der Waals surface area contributed by atoms with Gasteiger partial charge in [0, 0.05) is 6.04 Å². The summed E-state index contributed by atoms with van der Waals surface area (Å²) in [4.78, 5) is 11.4. The molecular formula is C10H20N2O3. The molecule has 0 aromatic heterocycles. The van der Waals surface area contributed by atoms with Crippen molar-refractivity contribution in [3.05, 3.63) is 0 Å². The number of carbonyl (C=O) groups is 1. The van der Waals surface area contributed by atoms with E-state index in [4.69, 9.17) is 10.5 Å². The van der Waals surface area contributed by atoms with Crippen LogP contribution < -0.4 is 11.1 Å². The third-order valence-corrected chi connectivity index (χ3v) is 2.27. The Balaban J connectivity index is 2.39. The van der Waals surface area contributed by atoms with E-state index in [0.717, 1.165) is 0 Å². The highest BCUT2D eigenvalue weighted by atomic mass is 16.6. The standard InChI is InChI=1S/C10H20N2O3/c1-10(2,3)15-9(14)12-7-4-6(11)5-8(7)13/h6-8,13H,4-5,11H2,1-3H3,(H,12,14). The quantitative estimate of drug-likeness (QED) is 0.591. The van der Waals surface area contributed by atoms with Crippen LogP contribution in [0.4, 0.5) is 4.79 Å². The third-order valence-electron chi connectivity index (χ3n) is 2.27. The molecule has 0 spiro atoms. The molecule has 1 aliphatic rings. The number of hydrogen-bond acceptors (Lipinski definition) is 4.